The van der Waals surface area contributed by atoms with E-state index in [9.17, 15) is 14.4 Å². The van der Waals surface area contributed by atoms with Crippen LogP contribution in [0.25, 0.3) is 0 Å². The molecule has 0 aliphatic heterocycles. The van der Waals surface area contributed by atoms with Crippen LogP contribution >= 0.6 is 0 Å². The molecule has 65 heavy (non-hydrogen) atoms. The quantitative estimate of drug-likeness (QED) is 0.0262. The van der Waals surface area contributed by atoms with Gasteiger partial charge in [0.15, 0.2) is 6.10 Å². The highest BCUT2D eigenvalue weighted by atomic mass is 16.6. The number of esters is 3. The van der Waals surface area contributed by atoms with E-state index in [-0.39, 0.29) is 31.1 Å². The lowest BCUT2D eigenvalue weighted by molar-refractivity contribution is -0.167. The molecular formula is C59H104O6. The summed E-state index contributed by atoms with van der Waals surface area (Å²) in [6.07, 6.45) is 66.3. The van der Waals surface area contributed by atoms with Gasteiger partial charge in [0, 0.05) is 19.3 Å². The highest BCUT2D eigenvalue weighted by Gasteiger charge is 2.19. The van der Waals surface area contributed by atoms with Gasteiger partial charge in [-0.05, 0) is 103 Å². The molecule has 0 N–H and O–H groups in total. The minimum atomic E-state index is -0.789. The van der Waals surface area contributed by atoms with Gasteiger partial charge in [-0.3, -0.25) is 14.4 Å². The summed E-state index contributed by atoms with van der Waals surface area (Å²) in [7, 11) is 0. The summed E-state index contributed by atoms with van der Waals surface area (Å²) in [5, 5.41) is 0. The average Bonchev–Trinajstić information content (AvgIpc) is 3.30. The van der Waals surface area contributed by atoms with E-state index < -0.39 is 6.10 Å². The van der Waals surface area contributed by atoms with Crippen LogP contribution in [-0.4, -0.2) is 37.2 Å². The average molecular weight is 909 g/mol. The molecule has 0 aromatic rings. The fourth-order valence-corrected chi connectivity index (χ4v) is 7.80. The molecule has 0 saturated heterocycles. The second-order valence-corrected chi connectivity index (χ2v) is 18.5. The molecule has 6 heteroatoms. The van der Waals surface area contributed by atoms with E-state index in [4.69, 9.17) is 14.2 Å². The van der Waals surface area contributed by atoms with E-state index >= 15 is 0 Å². The van der Waals surface area contributed by atoms with Crippen molar-refractivity contribution in [3.8, 4) is 0 Å². The van der Waals surface area contributed by atoms with Gasteiger partial charge in [-0.15, -0.1) is 0 Å². The van der Waals surface area contributed by atoms with Gasteiger partial charge in [-0.2, -0.15) is 0 Å². The molecule has 0 heterocycles. The van der Waals surface area contributed by atoms with Crippen molar-refractivity contribution in [3.63, 3.8) is 0 Å². The van der Waals surface area contributed by atoms with Crippen LogP contribution in [-0.2, 0) is 28.6 Å². The van der Waals surface area contributed by atoms with E-state index in [2.05, 4.69) is 81.5 Å². The van der Waals surface area contributed by atoms with Gasteiger partial charge in [0.25, 0.3) is 0 Å². The largest absolute Gasteiger partial charge is 0.462 e. The van der Waals surface area contributed by atoms with Crippen molar-refractivity contribution in [2.45, 2.75) is 284 Å². The van der Waals surface area contributed by atoms with Crippen molar-refractivity contribution in [1.82, 2.24) is 0 Å². The van der Waals surface area contributed by atoms with Crippen LogP contribution in [0.1, 0.15) is 278 Å². The summed E-state index contributed by atoms with van der Waals surface area (Å²) >= 11 is 0. The Labute approximate surface area is 402 Å². The predicted molar refractivity (Wildman–Crippen MR) is 279 cm³/mol. The maximum atomic E-state index is 12.8. The lowest BCUT2D eigenvalue weighted by atomic mass is 10.1. The SMILES string of the molecule is CC/C=C\C/C=C\C/C=C\CCCCCCC(=O)OCC(COC(=O)CCCCCCCCC/C=C\CCCCCCCC)OC(=O)CCCCCCC/C=C\CCCCCCCCC. The number of unbranched alkanes of at least 4 members (excludes halogenated alkanes) is 29. The van der Waals surface area contributed by atoms with Crippen molar-refractivity contribution in [1.29, 1.82) is 0 Å². The highest BCUT2D eigenvalue weighted by Crippen LogP contribution is 2.15. The smallest absolute Gasteiger partial charge is 0.306 e. The molecule has 0 aromatic carbocycles. The number of carbonyl (C=O) groups is 3. The Kier molecular flexibility index (Phi) is 51.3. The van der Waals surface area contributed by atoms with Gasteiger partial charge in [0.1, 0.15) is 13.2 Å². The van der Waals surface area contributed by atoms with Crippen molar-refractivity contribution < 1.29 is 28.6 Å². The Hall–Kier alpha value is -2.89. The molecule has 0 rings (SSSR count). The van der Waals surface area contributed by atoms with Crippen LogP contribution in [0.2, 0.25) is 0 Å². The zero-order chi connectivity index (χ0) is 47.2. The molecule has 1 atom stereocenters. The van der Waals surface area contributed by atoms with Gasteiger partial charge >= 0.3 is 17.9 Å². The fraction of sp³-hybridized carbons (Fsp3) is 0.780. The zero-order valence-corrected chi connectivity index (χ0v) is 43.0. The molecule has 0 aliphatic carbocycles. The second kappa shape index (κ2) is 53.7. The highest BCUT2D eigenvalue weighted by molar-refractivity contribution is 5.71. The standard InChI is InChI=1S/C59H104O6/c1-4-7-10-13-16-19-22-25-28-30-32-34-37-40-43-46-49-52-58(61)64-55-56(54-63-57(60)51-48-45-42-39-36-33-27-24-21-18-15-12-9-6-3)65-59(62)53-50-47-44-41-38-35-31-29-26-23-20-17-14-11-8-5-2/h9,12,18,21,25,27-29,31,33,56H,4-8,10-11,13-17,19-20,22-24,26,30,32,34-55H2,1-3H3/b12-9-,21-18-,28-25-,31-29-,33-27-. The number of hydrogen-bond acceptors (Lipinski definition) is 6. The van der Waals surface area contributed by atoms with Crippen molar-refractivity contribution >= 4 is 17.9 Å². The van der Waals surface area contributed by atoms with E-state index in [0.717, 1.165) is 103 Å². The summed E-state index contributed by atoms with van der Waals surface area (Å²) in [5.74, 6) is -0.914. The summed E-state index contributed by atoms with van der Waals surface area (Å²) in [5.41, 5.74) is 0. The third-order valence-electron chi connectivity index (χ3n) is 12.0. The van der Waals surface area contributed by atoms with Gasteiger partial charge < -0.3 is 14.2 Å². The van der Waals surface area contributed by atoms with E-state index in [0.29, 0.717) is 19.3 Å². The first-order valence-corrected chi connectivity index (χ1v) is 27.8. The van der Waals surface area contributed by atoms with E-state index in [1.54, 1.807) is 0 Å². The summed E-state index contributed by atoms with van der Waals surface area (Å²) in [6.45, 7) is 6.51. The van der Waals surface area contributed by atoms with Gasteiger partial charge in [0.05, 0.1) is 0 Å². The monoisotopic (exact) mass is 909 g/mol. The number of allylic oxidation sites excluding steroid dienone is 10. The van der Waals surface area contributed by atoms with Gasteiger partial charge in [-0.25, -0.2) is 0 Å². The van der Waals surface area contributed by atoms with Crippen LogP contribution in [0.3, 0.4) is 0 Å². The van der Waals surface area contributed by atoms with E-state index in [1.165, 1.54) is 135 Å². The van der Waals surface area contributed by atoms with Crippen LogP contribution in [0.4, 0.5) is 0 Å². The lowest BCUT2D eigenvalue weighted by Gasteiger charge is -2.18. The maximum Gasteiger partial charge on any atom is 0.306 e. The molecule has 0 spiro atoms. The molecule has 0 aliphatic rings. The fourth-order valence-electron chi connectivity index (χ4n) is 7.80. The minimum absolute atomic E-state index is 0.0864. The first-order chi connectivity index (χ1) is 32.0. The number of hydrogen-bond donors (Lipinski definition) is 0. The van der Waals surface area contributed by atoms with Crippen molar-refractivity contribution in [2.75, 3.05) is 13.2 Å². The van der Waals surface area contributed by atoms with Crippen molar-refractivity contribution in [3.05, 3.63) is 60.8 Å². The predicted octanol–water partition coefficient (Wildman–Crippen LogP) is 18.4. The lowest BCUT2D eigenvalue weighted by Crippen LogP contribution is -2.30. The Morgan fingerprint density at radius 1 is 0.323 bits per heavy atom. The maximum absolute atomic E-state index is 12.8. The number of carbonyl (C=O) groups excluding carboxylic acids is 3. The zero-order valence-electron chi connectivity index (χ0n) is 43.0. The minimum Gasteiger partial charge on any atom is -0.462 e. The van der Waals surface area contributed by atoms with Crippen molar-refractivity contribution in [2.24, 2.45) is 0 Å². The molecule has 0 saturated carbocycles. The molecule has 0 aromatic heterocycles. The Morgan fingerprint density at radius 2 is 0.600 bits per heavy atom. The number of ether oxygens (including phenoxy) is 3. The first kappa shape index (κ1) is 62.1. The first-order valence-electron chi connectivity index (χ1n) is 27.8. The molecule has 0 fully saturated rings. The topological polar surface area (TPSA) is 78.9 Å². The molecule has 0 amide bonds. The van der Waals surface area contributed by atoms with Gasteiger partial charge in [-0.1, -0.05) is 216 Å². The Bertz CT molecular complexity index is 1180. The third-order valence-corrected chi connectivity index (χ3v) is 12.0. The molecule has 6 nitrogen and oxygen atoms in total. The van der Waals surface area contributed by atoms with E-state index in [1.807, 2.05) is 0 Å². The molecule has 1 unspecified atom stereocenters. The summed E-state index contributed by atoms with van der Waals surface area (Å²) in [6, 6.07) is 0. The second-order valence-electron chi connectivity index (χ2n) is 18.5. The molecular weight excluding hydrogens is 805 g/mol. The normalized spacial score (nSPS) is 12.5. The number of rotatable bonds is 50. The van der Waals surface area contributed by atoms with Crippen LogP contribution in [0, 0.1) is 0 Å². The Balaban J connectivity index is 4.41. The summed E-state index contributed by atoms with van der Waals surface area (Å²) in [4.78, 5) is 38.1. The molecule has 0 radical (unpaired) electrons. The third kappa shape index (κ3) is 51.9. The summed E-state index contributed by atoms with van der Waals surface area (Å²) < 4.78 is 16.8. The van der Waals surface area contributed by atoms with Crippen LogP contribution < -0.4 is 0 Å². The Morgan fingerprint density at radius 3 is 0.954 bits per heavy atom. The van der Waals surface area contributed by atoms with Crippen LogP contribution in [0.15, 0.2) is 60.8 Å². The molecule has 0 bridgehead atoms. The molecule has 376 valence electrons. The van der Waals surface area contributed by atoms with Gasteiger partial charge in [0.2, 0.25) is 0 Å². The van der Waals surface area contributed by atoms with Crippen LogP contribution in [0.5, 0.6) is 0 Å².